The Bertz CT molecular complexity index is 1280. The van der Waals surface area contributed by atoms with Gasteiger partial charge in [-0.05, 0) is 60.2 Å². The van der Waals surface area contributed by atoms with Crippen molar-refractivity contribution in [3.8, 4) is 0 Å². The summed E-state index contributed by atoms with van der Waals surface area (Å²) in [4.78, 5) is 17.4. The molecule has 1 saturated heterocycles. The quantitative estimate of drug-likeness (QED) is 0.409. The van der Waals surface area contributed by atoms with Gasteiger partial charge in [0.2, 0.25) is 0 Å². The predicted molar refractivity (Wildman–Crippen MR) is 141 cm³/mol. The third kappa shape index (κ3) is 5.39. The highest BCUT2D eigenvalue weighted by Gasteiger charge is 2.17. The van der Waals surface area contributed by atoms with Gasteiger partial charge in [0.1, 0.15) is 11.0 Å². The van der Waals surface area contributed by atoms with E-state index in [1.54, 1.807) is 18.2 Å². The number of piperazine rings is 1. The highest BCUT2D eigenvalue weighted by Crippen LogP contribution is 2.20. The Hall–Kier alpha value is -3.40. The standard InChI is InChI=1S/C25H24N6OS2/c32-24(19-6-11-22-23(16-19)29-34-28-22)27-25(33)26-20-7-9-21(10-8-20)31-14-12-30(13-15-31)17-18-4-2-1-3-5-18/h1-11,16H,12-15,17H2,(H2,26,27,32,33). The molecule has 5 rings (SSSR count). The van der Waals surface area contributed by atoms with Crippen molar-refractivity contribution >= 4 is 57.4 Å². The van der Waals surface area contributed by atoms with Gasteiger partial charge in [0.05, 0.1) is 11.7 Å². The average molecular weight is 489 g/mol. The van der Waals surface area contributed by atoms with Crippen LogP contribution in [0.1, 0.15) is 15.9 Å². The molecule has 0 atom stereocenters. The lowest BCUT2D eigenvalue weighted by atomic mass is 10.2. The van der Waals surface area contributed by atoms with E-state index in [1.807, 2.05) is 12.1 Å². The fourth-order valence-corrected chi connectivity index (χ4v) is 4.75. The van der Waals surface area contributed by atoms with E-state index in [2.05, 4.69) is 71.6 Å². The van der Waals surface area contributed by atoms with E-state index in [1.165, 1.54) is 11.3 Å². The Labute approximate surface area is 207 Å². The highest BCUT2D eigenvalue weighted by molar-refractivity contribution is 7.80. The second-order valence-corrected chi connectivity index (χ2v) is 9.11. The van der Waals surface area contributed by atoms with Crippen LogP contribution < -0.4 is 15.5 Å². The normalized spacial score (nSPS) is 14.2. The van der Waals surface area contributed by atoms with Crippen LogP contribution in [0.25, 0.3) is 11.0 Å². The first kappa shape index (κ1) is 22.4. The van der Waals surface area contributed by atoms with Crippen molar-refractivity contribution in [1.29, 1.82) is 0 Å². The van der Waals surface area contributed by atoms with Crippen molar-refractivity contribution < 1.29 is 4.79 Å². The van der Waals surface area contributed by atoms with Crippen LogP contribution in [0.5, 0.6) is 0 Å². The molecule has 7 nitrogen and oxygen atoms in total. The summed E-state index contributed by atoms with van der Waals surface area (Å²) >= 11 is 6.46. The van der Waals surface area contributed by atoms with Gasteiger partial charge >= 0.3 is 0 Å². The number of thiocarbonyl (C=S) groups is 1. The van der Waals surface area contributed by atoms with E-state index in [0.717, 1.165) is 55.7 Å². The molecule has 0 unspecified atom stereocenters. The molecule has 1 amide bonds. The maximum atomic E-state index is 12.5. The fourth-order valence-electron chi connectivity index (χ4n) is 4.02. The Balaban J connectivity index is 1.11. The lowest BCUT2D eigenvalue weighted by Gasteiger charge is -2.36. The van der Waals surface area contributed by atoms with Crippen LogP contribution in [0.15, 0.2) is 72.8 Å². The molecule has 0 saturated carbocycles. The average Bonchev–Trinajstić information content (AvgIpc) is 3.34. The van der Waals surface area contributed by atoms with Gasteiger partial charge in [-0.25, -0.2) is 0 Å². The topological polar surface area (TPSA) is 73.4 Å². The lowest BCUT2D eigenvalue weighted by molar-refractivity contribution is 0.0978. The van der Waals surface area contributed by atoms with Crippen molar-refractivity contribution in [3.05, 3.63) is 83.9 Å². The third-order valence-corrected chi connectivity index (χ3v) is 6.62. The SMILES string of the molecule is O=C(NC(=S)Nc1ccc(N2CCN(Cc3ccccc3)CC2)cc1)c1ccc2nsnc2c1. The Morgan fingerprint density at radius 2 is 1.65 bits per heavy atom. The molecular weight excluding hydrogens is 464 g/mol. The summed E-state index contributed by atoms with van der Waals surface area (Å²) in [5.41, 5.74) is 5.34. The summed E-state index contributed by atoms with van der Waals surface area (Å²) in [5, 5.41) is 6.06. The molecule has 0 spiro atoms. The lowest BCUT2D eigenvalue weighted by Crippen LogP contribution is -2.45. The minimum absolute atomic E-state index is 0.253. The van der Waals surface area contributed by atoms with Gasteiger partial charge in [-0.2, -0.15) is 8.75 Å². The first-order valence-corrected chi connectivity index (χ1v) is 12.2. The van der Waals surface area contributed by atoms with Gasteiger partial charge in [-0.15, -0.1) is 0 Å². The van der Waals surface area contributed by atoms with Gasteiger partial charge < -0.3 is 10.2 Å². The molecule has 0 bridgehead atoms. The maximum Gasteiger partial charge on any atom is 0.257 e. The molecule has 1 aromatic heterocycles. The number of aromatic nitrogens is 2. The second kappa shape index (κ2) is 10.3. The maximum absolute atomic E-state index is 12.5. The van der Waals surface area contributed by atoms with Crippen molar-refractivity contribution in [2.75, 3.05) is 36.4 Å². The smallest absolute Gasteiger partial charge is 0.257 e. The van der Waals surface area contributed by atoms with Crippen LogP contribution in [0.2, 0.25) is 0 Å². The summed E-state index contributed by atoms with van der Waals surface area (Å²) in [6.07, 6.45) is 0. The van der Waals surface area contributed by atoms with E-state index in [9.17, 15) is 4.79 Å². The summed E-state index contributed by atoms with van der Waals surface area (Å²) in [5.74, 6) is -0.280. The fraction of sp³-hybridized carbons (Fsp3) is 0.200. The first-order chi connectivity index (χ1) is 16.6. The van der Waals surface area contributed by atoms with Gasteiger partial charge in [0.15, 0.2) is 5.11 Å². The van der Waals surface area contributed by atoms with E-state index in [4.69, 9.17) is 12.2 Å². The molecule has 172 valence electrons. The highest BCUT2D eigenvalue weighted by atomic mass is 32.1. The van der Waals surface area contributed by atoms with Gasteiger partial charge in [0.25, 0.3) is 5.91 Å². The summed E-state index contributed by atoms with van der Waals surface area (Å²) in [7, 11) is 0. The van der Waals surface area contributed by atoms with Crippen molar-refractivity contribution in [1.82, 2.24) is 19.0 Å². The molecule has 9 heteroatoms. The van der Waals surface area contributed by atoms with Crippen LogP contribution in [-0.2, 0) is 6.54 Å². The minimum Gasteiger partial charge on any atom is -0.369 e. The number of nitrogens with one attached hydrogen (secondary N) is 2. The van der Waals surface area contributed by atoms with E-state index < -0.39 is 0 Å². The summed E-state index contributed by atoms with van der Waals surface area (Å²) in [6, 6.07) is 24.0. The number of fused-ring (bicyclic) bond motifs is 1. The monoisotopic (exact) mass is 488 g/mol. The van der Waals surface area contributed by atoms with Gasteiger partial charge in [-0.1, -0.05) is 30.3 Å². The number of amides is 1. The Kier molecular flexibility index (Phi) is 6.75. The van der Waals surface area contributed by atoms with Gasteiger partial charge in [-0.3, -0.25) is 15.0 Å². The molecule has 2 N–H and O–H groups in total. The second-order valence-electron chi connectivity index (χ2n) is 8.17. The minimum atomic E-state index is -0.280. The van der Waals surface area contributed by atoms with Crippen molar-refractivity contribution in [3.63, 3.8) is 0 Å². The molecule has 1 fully saturated rings. The van der Waals surface area contributed by atoms with Crippen LogP contribution in [0, 0.1) is 0 Å². The largest absolute Gasteiger partial charge is 0.369 e. The van der Waals surface area contributed by atoms with Crippen LogP contribution in [0.4, 0.5) is 11.4 Å². The van der Waals surface area contributed by atoms with E-state index >= 15 is 0 Å². The molecule has 3 aromatic carbocycles. The predicted octanol–water partition coefficient (Wildman–Crippen LogP) is 4.14. The van der Waals surface area contributed by atoms with Gasteiger partial charge in [0, 0.05) is 49.7 Å². The first-order valence-electron chi connectivity index (χ1n) is 11.1. The molecule has 34 heavy (non-hydrogen) atoms. The van der Waals surface area contributed by atoms with Crippen LogP contribution >= 0.6 is 23.9 Å². The molecule has 1 aliphatic rings. The molecule has 0 radical (unpaired) electrons. The summed E-state index contributed by atoms with van der Waals surface area (Å²) in [6.45, 7) is 5.05. The number of nitrogens with zero attached hydrogens (tertiary/aromatic N) is 4. The van der Waals surface area contributed by atoms with Crippen LogP contribution in [-0.4, -0.2) is 50.8 Å². The number of carbonyl (C=O) groups is 1. The van der Waals surface area contributed by atoms with E-state index in [-0.39, 0.29) is 11.0 Å². The molecular formula is C25H24N6OS2. The van der Waals surface area contributed by atoms with Crippen molar-refractivity contribution in [2.45, 2.75) is 6.54 Å². The van der Waals surface area contributed by atoms with Crippen LogP contribution in [0.3, 0.4) is 0 Å². The molecule has 1 aliphatic heterocycles. The Morgan fingerprint density at radius 3 is 2.41 bits per heavy atom. The zero-order valence-corrected chi connectivity index (χ0v) is 20.1. The number of hydrogen-bond donors (Lipinski definition) is 2. The number of hydrogen-bond acceptors (Lipinski definition) is 7. The molecule has 2 heterocycles. The number of anilines is 2. The third-order valence-electron chi connectivity index (χ3n) is 5.85. The summed E-state index contributed by atoms with van der Waals surface area (Å²) < 4.78 is 8.33. The van der Waals surface area contributed by atoms with Crippen molar-refractivity contribution in [2.24, 2.45) is 0 Å². The molecule has 4 aromatic rings. The Morgan fingerprint density at radius 1 is 0.912 bits per heavy atom. The zero-order valence-electron chi connectivity index (χ0n) is 18.5. The molecule has 0 aliphatic carbocycles. The zero-order chi connectivity index (χ0) is 23.3. The number of carbonyl (C=O) groups excluding carboxylic acids is 1. The number of benzene rings is 3. The van der Waals surface area contributed by atoms with E-state index in [0.29, 0.717) is 11.1 Å². The number of rotatable bonds is 5.